The highest BCUT2D eigenvalue weighted by molar-refractivity contribution is 5.68. The van der Waals surface area contributed by atoms with E-state index in [0.29, 0.717) is 6.61 Å². The molecule has 0 spiro atoms. The van der Waals surface area contributed by atoms with Crippen molar-refractivity contribution in [2.45, 2.75) is 39.2 Å². The van der Waals surface area contributed by atoms with E-state index in [9.17, 15) is 4.79 Å². The SMILES string of the molecule is CCN(CC)C(C)(CCOC)CC(=O)O. The first-order valence-corrected chi connectivity index (χ1v) is 5.46. The molecule has 1 atom stereocenters. The van der Waals surface area contributed by atoms with Gasteiger partial charge in [0.1, 0.15) is 0 Å². The molecule has 0 saturated carbocycles. The summed E-state index contributed by atoms with van der Waals surface area (Å²) >= 11 is 0. The Morgan fingerprint density at radius 2 is 1.93 bits per heavy atom. The van der Waals surface area contributed by atoms with Crippen LogP contribution in [0, 0.1) is 0 Å². The van der Waals surface area contributed by atoms with E-state index >= 15 is 0 Å². The predicted octanol–water partition coefficient (Wildman–Crippen LogP) is 1.60. The Labute approximate surface area is 92.2 Å². The normalized spacial score (nSPS) is 15.3. The Morgan fingerprint density at radius 1 is 1.40 bits per heavy atom. The zero-order chi connectivity index (χ0) is 11.9. The van der Waals surface area contributed by atoms with E-state index in [1.165, 1.54) is 0 Å². The molecule has 0 aliphatic rings. The zero-order valence-electron chi connectivity index (χ0n) is 10.2. The molecule has 90 valence electrons. The summed E-state index contributed by atoms with van der Waals surface area (Å²) in [6, 6.07) is 0. The molecule has 4 heteroatoms. The van der Waals surface area contributed by atoms with Crippen molar-refractivity contribution in [1.82, 2.24) is 4.90 Å². The number of aliphatic carboxylic acids is 1. The number of ether oxygens (including phenoxy) is 1. The Morgan fingerprint density at radius 3 is 2.27 bits per heavy atom. The smallest absolute Gasteiger partial charge is 0.305 e. The first kappa shape index (κ1) is 14.4. The summed E-state index contributed by atoms with van der Waals surface area (Å²) in [5.74, 6) is -0.750. The maximum atomic E-state index is 10.8. The van der Waals surface area contributed by atoms with Gasteiger partial charge in [0.2, 0.25) is 0 Å². The van der Waals surface area contributed by atoms with Gasteiger partial charge >= 0.3 is 5.97 Å². The van der Waals surface area contributed by atoms with Gasteiger partial charge in [-0.2, -0.15) is 0 Å². The number of rotatable bonds is 8. The second kappa shape index (κ2) is 6.80. The molecule has 0 aromatic carbocycles. The maximum Gasteiger partial charge on any atom is 0.305 e. The molecular formula is C11H23NO3. The van der Waals surface area contributed by atoms with Crippen LogP contribution >= 0.6 is 0 Å². The van der Waals surface area contributed by atoms with E-state index in [2.05, 4.69) is 18.7 Å². The fourth-order valence-corrected chi connectivity index (χ4v) is 1.99. The van der Waals surface area contributed by atoms with Crippen LogP contribution in [-0.2, 0) is 9.53 Å². The average molecular weight is 217 g/mol. The van der Waals surface area contributed by atoms with Crippen molar-refractivity contribution in [2.24, 2.45) is 0 Å². The van der Waals surface area contributed by atoms with Crippen molar-refractivity contribution >= 4 is 5.97 Å². The minimum absolute atomic E-state index is 0.165. The van der Waals surface area contributed by atoms with Crippen molar-refractivity contribution in [2.75, 3.05) is 26.8 Å². The maximum absolute atomic E-state index is 10.8. The third kappa shape index (κ3) is 4.62. The lowest BCUT2D eigenvalue weighted by Gasteiger charge is -2.39. The number of hydrogen-bond acceptors (Lipinski definition) is 3. The van der Waals surface area contributed by atoms with Gasteiger partial charge in [-0.15, -0.1) is 0 Å². The fraction of sp³-hybridized carbons (Fsp3) is 0.909. The standard InChI is InChI=1S/C11H23NO3/c1-5-12(6-2)11(3,7-8-15-4)9-10(13)14/h5-9H2,1-4H3,(H,13,14). The minimum atomic E-state index is -0.750. The lowest BCUT2D eigenvalue weighted by Crippen LogP contribution is -2.48. The van der Waals surface area contributed by atoms with Gasteiger partial charge in [-0.1, -0.05) is 13.8 Å². The number of carboxylic acids is 1. The molecule has 0 heterocycles. The molecule has 15 heavy (non-hydrogen) atoms. The first-order chi connectivity index (χ1) is 7.00. The molecule has 0 aromatic rings. The monoisotopic (exact) mass is 217 g/mol. The number of methoxy groups -OCH3 is 1. The summed E-state index contributed by atoms with van der Waals surface area (Å²) in [6.45, 7) is 8.42. The molecule has 0 amide bonds. The van der Waals surface area contributed by atoms with Crippen LogP contribution in [0.3, 0.4) is 0 Å². The molecule has 0 rings (SSSR count). The Balaban J connectivity index is 4.57. The van der Waals surface area contributed by atoms with Gasteiger partial charge in [-0.25, -0.2) is 0 Å². The van der Waals surface area contributed by atoms with Gasteiger partial charge in [0.25, 0.3) is 0 Å². The third-order valence-corrected chi connectivity index (χ3v) is 2.90. The summed E-state index contributed by atoms with van der Waals surface area (Å²) < 4.78 is 5.04. The predicted molar refractivity (Wildman–Crippen MR) is 60.1 cm³/mol. The Hall–Kier alpha value is -0.610. The van der Waals surface area contributed by atoms with Gasteiger partial charge in [0.15, 0.2) is 0 Å². The lowest BCUT2D eigenvalue weighted by atomic mass is 9.91. The van der Waals surface area contributed by atoms with E-state index in [4.69, 9.17) is 9.84 Å². The van der Waals surface area contributed by atoms with Gasteiger partial charge < -0.3 is 9.84 Å². The van der Waals surface area contributed by atoms with E-state index in [1.54, 1.807) is 7.11 Å². The summed E-state index contributed by atoms with van der Waals surface area (Å²) in [4.78, 5) is 13.0. The second-order valence-corrected chi connectivity index (χ2v) is 3.98. The van der Waals surface area contributed by atoms with Crippen LogP contribution in [0.15, 0.2) is 0 Å². The Kier molecular flexibility index (Phi) is 6.52. The molecule has 4 nitrogen and oxygen atoms in total. The number of hydrogen-bond donors (Lipinski definition) is 1. The van der Waals surface area contributed by atoms with Crippen molar-refractivity contribution in [1.29, 1.82) is 0 Å². The van der Waals surface area contributed by atoms with Crippen LogP contribution in [-0.4, -0.2) is 48.3 Å². The van der Waals surface area contributed by atoms with Crippen LogP contribution in [0.25, 0.3) is 0 Å². The molecule has 0 aliphatic heterocycles. The van der Waals surface area contributed by atoms with Crippen molar-refractivity contribution in [3.8, 4) is 0 Å². The van der Waals surface area contributed by atoms with Gasteiger partial charge in [0, 0.05) is 19.3 Å². The number of nitrogens with zero attached hydrogens (tertiary/aromatic N) is 1. The zero-order valence-corrected chi connectivity index (χ0v) is 10.2. The highest BCUT2D eigenvalue weighted by Crippen LogP contribution is 2.23. The molecule has 0 saturated heterocycles. The molecular weight excluding hydrogens is 194 g/mol. The topological polar surface area (TPSA) is 49.8 Å². The molecule has 0 radical (unpaired) electrons. The van der Waals surface area contributed by atoms with Gasteiger partial charge in [-0.05, 0) is 26.4 Å². The molecule has 0 aromatic heterocycles. The van der Waals surface area contributed by atoms with Crippen LogP contribution in [0.4, 0.5) is 0 Å². The van der Waals surface area contributed by atoms with Crippen LogP contribution in [0.2, 0.25) is 0 Å². The van der Waals surface area contributed by atoms with Crippen LogP contribution in [0.5, 0.6) is 0 Å². The van der Waals surface area contributed by atoms with Gasteiger partial charge in [0.05, 0.1) is 6.42 Å². The quantitative estimate of drug-likeness (QED) is 0.671. The fourth-order valence-electron chi connectivity index (χ4n) is 1.99. The largest absolute Gasteiger partial charge is 0.481 e. The highest BCUT2D eigenvalue weighted by Gasteiger charge is 2.32. The lowest BCUT2D eigenvalue weighted by molar-refractivity contribution is -0.140. The molecule has 1 unspecified atom stereocenters. The minimum Gasteiger partial charge on any atom is -0.481 e. The van der Waals surface area contributed by atoms with Crippen molar-refractivity contribution in [3.05, 3.63) is 0 Å². The van der Waals surface area contributed by atoms with Crippen LogP contribution < -0.4 is 0 Å². The average Bonchev–Trinajstić information content (AvgIpc) is 2.15. The Bertz CT molecular complexity index is 192. The van der Waals surface area contributed by atoms with E-state index in [-0.39, 0.29) is 12.0 Å². The van der Waals surface area contributed by atoms with Crippen molar-refractivity contribution < 1.29 is 14.6 Å². The summed E-state index contributed by atoms with van der Waals surface area (Å²) in [5.41, 5.74) is -0.300. The number of carboxylic acid groups (broad SMARTS) is 1. The molecule has 1 N–H and O–H groups in total. The van der Waals surface area contributed by atoms with Crippen molar-refractivity contribution in [3.63, 3.8) is 0 Å². The first-order valence-electron chi connectivity index (χ1n) is 5.46. The molecule has 0 bridgehead atoms. The molecule has 0 fully saturated rings. The van der Waals surface area contributed by atoms with Crippen LogP contribution in [0.1, 0.15) is 33.6 Å². The van der Waals surface area contributed by atoms with E-state index in [1.807, 2.05) is 6.92 Å². The third-order valence-electron chi connectivity index (χ3n) is 2.90. The van der Waals surface area contributed by atoms with E-state index in [0.717, 1.165) is 19.5 Å². The summed E-state index contributed by atoms with van der Waals surface area (Å²) in [6.07, 6.45) is 0.912. The summed E-state index contributed by atoms with van der Waals surface area (Å²) in [7, 11) is 1.64. The highest BCUT2D eigenvalue weighted by atomic mass is 16.5. The van der Waals surface area contributed by atoms with Gasteiger partial charge in [-0.3, -0.25) is 9.69 Å². The molecule has 0 aliphatic carbocycles. The van der Waals surface area contributed by atoms with E-state index < -0.39 is 5.97 Å². The second-order valence-electron chi connectivity index (χ2n) is 3.98. The summed E-state index contributed by atoms with van der Waals surface area (Å²) in [5, 5.41) is 8.92. The number of carbonyl (C=O) groups is 1.